The highest BCUT2D eigenvalue weighted by Gasteiger charge is 2.22. The number of ether oxygens (including phenoxy) is 2. The molecule has 0 saturated carbocycles. The summed E-state index contributed by atoms with van der Waals surface area (Å²) < 4.78 is 35.6. The number of halogens is 2. The molecule has 1 aliphatic rings. The lowest BCUT2D eigenvalue weighted by Gasteiger charge is -2.13. The van der Waals surface area contributed by atoms with Gasteiger partial charge in [0.2, 0.25) is 0 Å². The van der Waals surface area contributed by atoms with Crippen molar-refractivity contribution >= 4 is 0 Å². The second-order valence-corrected chi connectivity index (χ2v) is 4.21. The van der Waals surface area contributed by atoms with Gasteiger partial charge in [0.15, 0.2) is 11.5 Å². The quantitative estimate of drug-likeness (QED) is 0.868. The van der Waals surface area contributed by atoms with E-state index in [1.807, 2.05) is 6.92 Å². The van der Waals surface area contributed by atoms with Crippen molar-refractivity contribution in [1.82, 2.24) is 0 Å². The highest BCUT2D eigenvalue weighted by Crippen LogP contribution is 2.34. The Bertz CT molecular complexity index is 395. The predicted octanol–water partition coefficient (Wildman–Crippen LogP) is 2.39. The molecule has 17 heavy (non-hydrogen) atoms. The number of fused-ring (bicyclic) bond motifs is 1. The van der Waals surface area contributed by atoms with Crippen molar-refractivity contribution in [3.05, 3.63) is 23.8 Å². The number of aliphatic hydroxyl groups excluding tert-OH is 1. The summed E-state index contributed by atoms with van der Waals surface area (Å²) in [5.41, 5.74) is 0.136. The lowest BCUT2D eigenvalue weighted by molar-refractivity contribution is -0.00590. The summed E-state index contributed by atoms with van der Waals surface area (Å²) in [7, 11) is 0. The number of hydrogen-bond donors (Lipinski definition) is 1. The smallest absolute Gasteiger partial charge is 0.268 e. The largest absolute Gasteiger partial charge is 0.489 e. The molecule has 0 aliphatic carbocycles. The van der Waals surface area contributed by atoms with E-state index in [0.717, 1.165) is 0 Å². The first-order valence-electron chi connectivity index (χ1n) is 5.43. The van der Waals surface area contributed by atoms with E-state index in [1.165, 1.54) is 12.1 Å². The Morgan fingerprint density at radius 3 is 2.53 bits per heavy atom. The van der Waals surface area contributed by atoms with Crippen LogP contribution in [0.15, 0.2) is 18.2 Å². The number of rotatable bonds is 2. The van der Waals surface area contributed by atoms with Crippen LogP contribution in [0.5, 0.6) is 11.5 Å². The lowest BCUT2D eigenvalue weighted by atomic mass is 10.1. The van der Waals surface area contributed by atoms with Crippen molar-refractivity contribution in [3.63, 3.8) is 0 Å². The van der Waals surface area contributed by atoms with Crippen LogP contribution in [0.25, 0.3) is 0 Å². The molecular formula is C12H14F2O3. The highest BCUT2D eigenvalue weighted by atomic mass is 19.3. The molecule has 0 radical (unpaired) electrons. The second-order valence-electron chi connectivity index (χ2n) is 4.21. The van der Waals surface area contributed by atoms with Crippen molar-refractivity contribution in [1.29, 1.82) is 0 Å². The van der Waals surface area contributed by atoms with Crippen molar-refractivity contribution in [3.8, 4) is 11.5 Å². The van der Waals surface area contributed by atoms with Gasteiger partial charge < -0.3 is 14.6 Å². The molecule has 0 fully saturated rings. The van der Waals surface area contributed by atoms with Gasteiger partial charge in [-0.1, -0.05) is 13.0 Å². The van der Waals surface area contributed by atoms with Crippen LogP contribution in [0.2, 0.25) is 0 Å². The maximum Gasteiger partial charge on any atom is 0.268 e. The van der Waals surface area contributed by atoms with Crippen LogP contribution in [-0.2, 0) is 0 Å². The van der Waals surface area contributed by atoms with Crippen LogP contribution in [0.4, 0.5) is 8.78 Å². The van der Waals surface area contributed by atoms with Crippen LogP contribution in [0.1, 0.15) is 18.6 Å². The van der Waals surface area contributed by atoms with Crippen LogP contribution in [-0.4, -0.2) is 24.7 Å². The van der Waals surface area contributed by atoms with E-state index in [2.05, 4.69) is 0 Å². The molecule has 1 aliphatic heterocycles. The molecule has 0 amide bonds. The molecular weight excluding hydrogens is 230 g/mol. The fraction of sp³-hybridized carbons (Fsp3) is 0.500. The molecule has 2 atom stereocenters. The zero-order valence-electron chi connectivity index (χ0n) is 9.40. The molecule has 1 aromatic carbocycles. The third kappa shape index (κ3) is 2.66. The van der Waals surface area contributed by atoms with Gasteiger partial charge in [-0.25, -0.2) is 8.78 Å². The summed E-state index contributed by atoms with van der Waals surface area (Å²) in [4.78, 5) is 0. The van der Waals surface area contributed by atoms with Gasteiger partial charge in [0.1, 0.15) is 6.10 Å². The maximum atomic E-state index is 12.4. The Morgan fingerprint density at radius 1 is 1.24 bits per heavy atom. The van der Waals surface area contributed by atoms with Gasteiger partial charge in [0, 0.05) is 5.92 Å². The van der Waals surface area contributed by atoms with E-state index in [0.29, 0.717) is 24.7 Å². The number of benzene rings is 1. The van der Waals surface area contributed by atoms with Crippen LogP contribution >= 0.6 is 0 Å². The minimum atomic E-state index is -2.81. The molecule has 0 saturated heterocycles. The third-order valence-electron chi connectivity index (χ3n) is 2.59. The van der Waals surface area contributed by atoms with E-state index in [9.17, 15) is 13.9 Å². The standard InChI is InChI=1S/C12H14F2O3/c1-7-5-16-9-3-2-8(11(15)12(13)14)4-10(9)17-6-7/h2-4,7,11-12,15H,5-6H2,1H3. The molecule has 1 aromatic rings. The topological polar surface area (TPSA) is 38.7 Å². The summed E-state index contributed by atoms with van der Waals surface area (Å²) >= 11 is 0. The molecule has 5 heteroatoms. The van der Waals surface area contributed by atoms with Crippen molar-refractivity contribution in [2.24, 2.45) is 5.92 Å². The van der Waals surface area contributed by atoms with Gasteiger partial charge in [-0.3, -0.25) is 0 Å². The molecule has 1 N–H and O–H groups in total. The van der Waals surface area contributed by atoms with Crippen molar-refractivity contribution < 1.29 is 23.4 Å². The first kappa shape index (κ1) is 12.1. The second kappa shape index (κ2) is 4.87. The van der Waals surface area contributed by atoms with E-state index < -0.39 is 12.5 Å². The highest BCUT2D eigenvalue weighted by molar-refractivity contribution is 5.44. The Kier molecular flexibility index (Phi) is 3.47. The maximum absolute atomic E-state index is 12.4. The molecule has 0 bridgehead atoms. The first-order chi connectivity index (χ1) is 8.08. The third-order valence-corrected chi connectivity index (χ3v) is 2.59. The molecule has 2 rings (SSSR count). The normalized spacial score (nSPS) is 21.1. The van der Waals surface area contributed by atoms with Gasteiger partial charge in [0.05, 0.1) is 13.2 Å². The summed E-state index contributed by atoms with van der Waals surface area (Å²) in [6.07, 6.45) is -4.59. The number of aliphatic hydroxyl groups is 1. The van der Waals surface area contributed by atoms with Crippen LogP contribution in [0, 0.1) is 5.92 Å². The van der Waals surface area contributed by atoms with E-state index >= 15 is 0 Å². The Labute approximate surface area is 98.0 Å². The molecule has 3 nitrogen and oxygen atoms in total. The fourth-order valence-electron chi connectivity index (χ4n) is 1.60. The minimum absolute atomic E-state index is 0.136. The first-order valence-corrected chi connectivity index (χ1v) is 5.43. The Morgan fingerprint density at radius 2 is 1.88 bits per heavy atom. The average Bonchev–Trinajstić information content (AvgIpc) is 2.50. The summed E-state index contributed by atoms with van der Waals surface area (Å²) in [6, 6.07) is 4.38. The molecule has 2 unspecified atom stereocenters. The summed E-state index contributed by atoms with van der Waals surface area (Å²) in [5.74, 6) is 1.18. The van der Waals surface area contributed by atoms with Gasteiger partial charge in [-0.05, 0) is 17.7 Å². The summed E-state index contributed by atoms with van der Waals surface area (Å²) in [6.45, 7) is 2.98. The van der Waals surface area contributed by atoms with Gasteiger partial charge in [-0.15, -0.1) is 0 Å². The SMILES string of the molecule is CC1COc2ccc(C(O)C(F)F)cc2OC1. The Balaban J connectivity index is 2.25. The predicted molar refractivity (Wildman–Crippen MR) is 57.6 cm³/mol. The van der Waals surface area contributed by atoms with E-state index in [1.54, 1.807) is 6.07 Å². The monoisotopic (exact) mass is 244 g/mol. The molecule has 94 valence electrons. The molecule has 0 spiro atoms. The zero-order chi connectivity index (χ0) is 12.4. The van der Waals surface area contributed by atoms with Gasteiger partial charge in [0.25, 0.3) is 6.43 Å². The Hall–Kier alpha value is -1.36. The van der Waals surface area contributed by atoms with Crippen molar-refractivity contribution in [2.45, 2.75) is 19.5 Å². The molecule has 1 heterocycles. The molecule has 0 aromatic heterocycles. The average molecular weight is 244 g/mol. The minimum Gasteiger partial charge on any atom is -0.489 e. The van der Waals surface area contributed by atoms with Crippen molar-refractivity contribution in [2.75, 3.05) is 13.2 Å². The van der Waals surface area contributed by atoms with Gasteiger partial charge >= 0.3 is 0 Å². The van der Waals surface area contributed by atoms with E-state index in [4.69, 9.17) is 9.47 Å². The van der Waals surface area contributed by atoms with E-state index in [-0.39, 0.29) is 11.5 Å². The van der Waals surface area contributed by atoms with Crippen LogP contribution < -0.4 is 9.47 Å². The number of hydrogen-bond acceptors (Lipinski definition) is 3. The van der Waals surface area contributed by atoms with Gasteiger partial charge in [-0.2, -0.15) is 0 Å². The zero-order valence-corrected chi connectivity index (χ0v) is 9.40. The van der Waals surface area contributed by atoms with Crippen LogP contribution in [0.3, 0.4) is 0 Å². The lowest BCUT2D eigenvalue weighted by Crippen LogP contribution is -2.12. The summed E-state index contributed by atoms with van der Waals surface area (Å²) in [5, 5.41) is 9.28. The fourth-order valence-corrected chi connectivity index (χ4v) is 1.60. The number of alkyl halides is 2.